The van der Waals surface area contributed by atoms with Gasteiger partial charge in [0.15, 0.2) is 0 Å². The number of ether oxygens (including phenoxy) is 1. The maximum absolute atomic E-state index is 12.2. The molecule has 3 rings (SSSR count). The summed E-state index contributed by atoms with van der Waals surface area (Å²) in [6.07, 6.45) is 1.85. The summed E-state index contributed by atoms with van der Waals surface area (Å²) in [5, 5.41) is 0. The normalized spacial score (nSPS) is 14.1. The van der Waals surface area contributed by atoms with E-state index in [1.807, 2.05) is 43.3 Å². The summed E-state index contributed by atoms with van der Waals surface area (Å²) in [4.78, 5) is 25.7. The van der Waals surface area contributed by atoms with Crippen molar-refractivity contribution in [1.29, 1.82) is 0 Å². The highest BCUT2D eigenvalue weighted by atomic mass is 16.5. The van der Waals surface area contributed by atoms with E-state index in [-0.39, 0.29) is 18.4 Å². The molecule has 4 heteroatoms. The molecule has 0 saturated heterocycles. The lowest BCUT2D eigenvalue weighted by atomic mass is 10.1. The molecule has 116 valence electrons. The van der Waals surface area contributed by atoms with Crippen molar-refractivity contribution in [1.82, 2.24) is 4.90 Å². The third-order valence-corrected chi connectivity index (χ3v) is 3.71. The van der Waals surface area contributed by atoms with Crippen LogP contribution in [0.2, 0.25) is 0 Å². The van der Waals surface area contributed by atoms with E-state index in [0.717, 1.165) is 11.3 Å². The van der Waals surface area contributed by atoms with Gasteiger partial charge in [-0.15, -0.1) is 0 Å². The van der Waals surface area contributed by atoms with Crippen LogP contribution in [-0.4, -0.2) is 29.9 Å². The van der Waals surface area contributed by atoms with Crippen molar-refractivity contribution in [2.45, 2.75) is 6.92 Å². The van der Waals surface area contributed by atoms with Gasteiger partial charge in [0.05, 0.1) is 11.1 Å². The van der Waals surface area contributed by atoms with Crippen LogP contribution in [0.3, 0.4) is 0 Å². The summed E-state index contributed by atoms with van der Waals surface area (Å²) in [5.74, 6) is 0.318. The van der Waals surface area contributed by atoms with Gasteiger partial charge in [-0.1, -0.05) is 36.4 Å². The lowest BCUT2D eigenvalue weighted by Crippen LogP contribution is -2.30. The van der Waals surface area contributed by atoms with Crippen LogP contribution in [-0.2, 0) is 0 Å². The van der Waals surface area contributed by atoms with Crippen LogP contribution in [0.5, 0.6) is 5.75 Å². The van der Waals surface area contributed by atoms with Gasteiger partial charge in [-0.2, -0.15) is 0 Å². The van der Waals surface area contributed by atoms with E-state index in [0.29, 0.717) is 17.7 Å². The average molecular weight is 307 g/mol. The molecule has 0 fully saturated rings. The first-order valence-electron chi connectivity index (χ1n) is 7.45. The number of nitrogens with zero attached hydrogens (tertiary/aromatic N) is 1. The van der Waals surface area contributed by atoms with Crippen LogP contribution < -0.4 is 4.74 Å². The Bertz CT molecular complexity index is 730. The number of para-hydroxylation sites is 1. The van der Waals surface area contributed by atoms with Crippen LogP contribution in [0.25, 0.3) is 0 Å². The van der Waals surface area contributed by atoms with E-state index in [2.05, 4.69) is 0 Å². The predicted octanol–water partition coefficient (Wildman–Crippen LogP) is 3.31. The quantitative estimate of drug-likeness (QED) is 0.629. The van der Waals surface area contributed by atoms with Gasteiger partial charge >= 0.3 is 0 Å². The minimum atomic E-state index is -0.237. The first-order valence-corrected chi connectivity index (χ1v) is 7.45. The fourth-order valence-electron chi connectivity index (χ4n) is 2.42. The van der Waals surface area contributed by atoms with Gasteiger partial charge in [-0.25, -0.2) is 0 Å². The van der Waals surface area contributed by atoms with Gasteiger partial charge in [0.1, 0.15) is 12.4 Å². The second-order valence-electron chi connectivity index (χ2n) is 5.42. The van der Waals surface area contributed by atoms with Crippen LogP contribution >= 0.6 is 0 Å². The van der Waals surface area contributed by atoms with Crippen LogP contribution in [0.15, 0.2) is 66.2 Å². The Hall–Kier alpha value is -2.88. The maximum atomic E-state index is 12.2. The maximum Gasteiger partial charge on any atom is 0.261 e. The molecule has 0 aromatic heterocycles. The summed E-state index contributed by atoms with van der Waals surface area (Å²) < 4.78 is 5.64. The van der Waals surface area contributed by atoms with E-state index in [4.69, 9.17) is 4.74 Å². The summed E-state index contributed by atoms with van der Waals surface area (Å²) in [5.41, 5.74) is 1.92. The standard InChI is InChI=1S/C19H17NO3/c1-14(13-23-15-7-3-2-4-8-15)11-12-20-18(21)16-9-5-6-10-17(16)19(20)22/h2-11H,12-13H2,1H3/b14-11+. The zero-order valence-corrected chi connectivity index (χ0v) is 12.9. The average Bonchev–Trinajstić information content (AvgIpc) is 2.83. The third kappa shape index (κ3) is 3.16. The number of carbonyl (C=O) groups is 2. The molecule has 0 unspecified atom stereocenters. The number of fused-ring (bicyclic) bond motifs is 1. The number of hydrogen-bond donors (Lipinski definition) is 0. The monoisotopic (exact) mass is 307 g/mol. The van der Waals surface area contributed by atoms with Crippen molar-refractivity contribution in [2.24, 2.45) is 0 Å². The molecule has 2 aromatic rings. The Morgan fingerprint density at radius 2 is 1.52 bits per heavy atom. The van der Waals surface area contributed by atoms with Gasteiger partial charge in [-0.05, 0) is 36.8 Å². The number of carbonyl (C=O) groups excluding carboxylic acids is 2. The number of imide groups is 1. The molecule has 23 heavy (non-hydrogen) atoms. The number of rotatable bonds is 5. The summed E-state index contributed by atoms with van der Waals surface area (Å²) >= 11 is 0. The predicted molar refractivity (Wildman–Crippen MR) is 87.5 cm³/mol. The number of benzene rings is 2. The fourth-order valence-corrected chi connectivity index (χ4v) is 2.42. The zero-order chi connectivity index (χ0) is 16.2. The van der Waals surface area contributed by atoms with Gasteiger partial charge in [0.25, 0.3) is 11.8 Å². The highest BCUT2D eigenvalue weighted by molar-refractivity contribution is 6.21. The molecular formula is C19H17NO3. The summed E-state index contributed by atoms with van der Waals surface area (Å²) in [6.45, 7) is 2.60. The van der Waals surface area contributed by atoms with E-state index >= 15 is 0 Å². The third-order valence-electron chi connectivity index (χ3n) is 3.71. The summed E-state index contributed by atoms with van der Waals surface area (Å²) in [7, 11) is 0. The van der Waals surface area contributed by atoms with Crippen LogP contribution in [0.4, 0.5) is 0 Å². The molecule has 2 aromatic carbocycles. The second-order valence-corrected chi connectivity index (χ2v) is 5.42. The molecule has 0 spiro atoms. The van der Waals surface area contributed by atoms with E-state index in [9.17, 15) is 9.59 Å². The minimum Gasteiger partial charge on any atom is -0.489 e. The second kappa shape index (κ2) is 6.48. The van der Waals surface area contributed by atoms with Crippen molar-refractivity contribution in [2.75, 3.05) is 13.2 Å². The van der Waals surface area contributed by atoms with Gasteiger partial charge < -0.3 is 4.74 Å². The first-order chi connectivity index (χ1) is 11.2. The highest BCUT2D eigenvalue weighted by Crippen LogP contribution is 2.22. The topological polar surface area (TPSA) is 46.6 Å². The molecule has 0 aliphatic carbocycles. The molecule has 0 bridgehead atoms. The fraction of sp³-hybridized carbons (Fsp3) is 0.158. The molecule has 0 radical (unpaired) electrons. The Labute approximate surface area is 135 Å². The van der Waals surface area contributed by atoms with E-state index < -0.39 is 0 Å². The Morgan fingerprint density at radius 3 is 2.13 bits per heavy atom. The SMILES string of the molecule is C/C(=C\CN1C(=O)c2ccccc2C1=O)COc1ccccc1. The van der Waals surface area contributed by atoms with Crippen molar-refractivity contribution in [3.63, 3.8) is 0 Å². The molecule has 0 atom stereocenters. The van der Waals surface area contributed by atoms with E-state index in [1.165, 1.54) is 4.90 Å². The largest absolute Gasteiger partial charge is 0.489 e. The number of amides is 2. The molecule has 1 heterocycles. The van der Waals surface area contributed by atoms with Gasteiger partial charge in [-0.3, -0.25) is 14.5 Å². The highest BCUT2D eigenvalue weighted by Gasteiger charge is 2.34. The van der Waals surface area contributed by atoms with Crippen molar-refractivity contribution < 1.29 is 14.3 Å². The van der Waals surface area contributed by atoms with Gasteiger partial charge in [0.2, 0.25) is 0 Å². The summed E-state index contributed by atoms with van der Waals surface area (Å²) in [6, 6.07) is 16.4. The van der Waals surface area contributed by atoms with Crippen molar-refractivity contribution in [3.05, 3.63) is 77.4 Å². The van der Waals surface area contributed by atoms with Crippen molar-refractivity contribution >= 4 is 11.8 Å². The lowest BCUT2D eigenvalue weighted by molar-refractivity contribution is 0.0671. The molecule has 4 nitrogen and oxygen atoms in total. The molecular weight excluding hydrogens is 290 g/mol. The molecule has 1 aliphatic heterocycles. The van der Waals surface area contributed by atoms with Crippen LogP contribution in [0, 0.1) is 0 Å². The first kappa shape index (κ1) is 15.0. The van der Waals surface area contributed by atoms with Crippen LogP contribution in [0.1, 0.15) is 27.6 Å². The Kier molecular flexibility index (Phi) is 4.24. The Balaban J connectivity index is 1.62. The minimum absolute atomic E-state index is 0.237. The molecule has 1 aliphatic rings. The molecule has 0 saturated carbocycles. The molecule has 2 amide bonds. The smallest absolute Gasteiger partial charge is 0.261 e. The molecule has 0 N–H and O–H groups in total. The number of hydrogen-bond acceptors (Lipinski definition) is 3. The Morgan fingerprint density at radius 1 is 0.957 bits per heavy atom. The van der Waals surface area contributed by atoms with Gasteiger partial charge in [0, 0.05) is 6.54 Å². The zero-order valence-electron chi connectivity index (χ0n) is 12.9. The lowest BCUT2D eigenvalue weighted by Gasteiger charge is -2.12. The van der Waals surface area contributed by atoms with Crippen molar-refractivity contribution in [3.8, 4) is 5.75 Å². The van der Waals surface area contributed by atoms with E-state index in [1.54, 1.807) is 24.3 Å².